The van der Waals surface area contributed by atoms with Crippen LogP contribution in [0.3, 0.4) is 0 Å². The maximum absolute atomic E-state index is 11.6. The van der Waals surface area contributed by atoms with Gasteiger partial charge in [0.15, 0.2) is 0 Å². The molecular weight excluding hydrogens is 270 g/mol. The zero-order valence-corrected chi connectivity index (χ0v) is 12.6. The number of nitrogens with one attached hydrogen (secondary N) is 1. The third-order valence-corrected chi connectivity index (χ3v) is 3.31. The Morgan fingerprint density at radius 1 is 1.33 bits per heavy atom. The lowest BCUT2D eigenvalue weighted by atomic mass is 9.98. The van der Waals surface area contributed by atoms with Gasteiger partial charge in [0.1, 0.15) is 5.75 Å². The van der Waals surface area contributed by atoms with E-state index >= 15 is 0 Å². The number of aliphatic carboxylic acids is 1. The summed E-state index contributed by atoms with van der Waals surface area (Å²) in [5.74, 6) is -1.01. The first-order valence-corrected chi connectivity index (χ1v) is 7.19. The van der Waals surface area contributed by atoms with Crippen molar-refractivity contribution in [2.45, 2.75) is 32.6 Å². The van der Waals surface area contributed by atoms with E-state index in [0.717, 1.165) is 18.4 Å². The molecule has 0 spiro atoms. The van der Waals surface area contributed by atoms with E-state index in [1.807, 2.05) is 25.1 Å². The van der Waals surface area contributed by atoms with Crippen molar-refractivity contribution < 1.29 is 19.4 Å². The van der Waals surface area contributed by atoms with Crippen LogP contribution >= 0.6 is 0 Å². The number of carboxylic acids is 1. The summed E-state index contributed by atoms with van der Waals surface area (Å²) in [7, 11) is 1.56. The maximum atomic E-state index is 11.6. The standard InChI is InChI=1S/C16H23NO4/c1-3-4-9-15(18)17-11-13(16(19)20)10-12-7-5-6-8-14(12)21-2/h5-8,13H,3-4,9-11H2,1-2H3,(H,17,18)(H,19,20). The van der Waals surface area contributed by atoms with Crippen molar-refractivity contribution in [1.29, 1.82) is 0 Å². The van der Waals surface area contributed by atoms with Crippen LogP contribution in [0.15, 0.2) is 24.3 Å². The zero-order valence-electron chi connectivity index (χ0n) is 12.6. The molecule has 0 bridgehead atoms. The number of ether oxygens (including phenoxy) is 1. The number of amides is 1. The second kappa shape index (κ2) is 9.00. The molecule has 0 fully saturated rings. The molecule has 0 radical (unpaired) electrons. The molecule has 1 aromatic rings. The van der Waals surface area contributed by atoms with Crippen LogP contribution in [0.5, 0.6) is 5.75 Å². The summed E-state index contributed by atoms with van der Waals surface area (Å²) < 4.78 is 5.22. The van der Waals surface area contributed by atoms with Crippen LogP contribution in [0.1, 0.15) is 31.7 Å². The number of carbonyl (C=O) groups is 2. The van der Waals surface area contributed by atoms with E-state index in [9.17, 15) is 14.7 Å². The van der Waals surface area contributed by atoms with Gasteiger partial charge in [-0.2, -0.15) is 0 Å². The number of methoxy groups -OCH3 is 1. The van der Waals surface area contributed by atoms with E-state index < -0.39 is 11.9 Å². The number of unbranched alkanes of at least 4 members (excludes halogenated alkanes) is 1. The van der Waals surface area contributed by atoms with Gasteiger partial charge < -0.3 is 15.2 Å². The first kappa shape index (κ1) is 17.0. The molecule has 0 aliphatic rings. The Morgan fingerprint density at radius 2 is 2.05 bits per heavy atom. The highest BCUT2D eigenvalue weighted by molar-refractivity contribution is 5.77. The van der Waals surface area contributed by atoms with Gasteiger partial charge in [-0.3, -0.25) is 9.59 Å². The first-order valence-electron chi connectivity index (χ1n) is 7.19. The third-order valence-electron chi connectivity index (χ3n) is 3.31. The molecule has 5 heteroatoms. The van der Waals surface area contributed by atoms with Crippen LogP contribution in [0.2, 0.25) is 0 Å². The highest BCUT2D eigenvalue weighted by Gasteiger charge is 2.20. The Kier molecular flexibility index (Phi) is 7.29. The lowest BCUT2D eigenvalue weighted by molar-refractivity contribution is -0.141. The van der Waals surface area contributed by atoms with Gasteiger partial charge in [0.25, 0.3) is 0 Å². The van der Waals surface area contributed by atoms with Crippen molar-refractivity contribution in [1.82, 2.24) is 5.32 Å². The Hall–Kier alpha value is -2.04. The number of hydrogen-bond acceptors (Lipinski definition) is 3. The summed E-state index contributed by atoms with van der Waals surface area (Å²) in [4.78, 5) is 22.9. The van der Waals surface area contributed by atoms with E-state index in [1.165, 1.54) is 0 Å². The van der Waals surface area contributed by atoms with Crippen molar-refractivity contribution in [3.05, 3.63) is 29.8 Å². The van der Waals surface area contributed by atoms with Crippen LogP contribution in [0, 0.1) is 5.92 Å². The summed E-state index contributed by atoms with van der Waals surface area (Å²) in [5.41, 5.74) is 0.829. The van der Waals surface area contributed by atoms with Gasteiger partial charge in [-0.25, -0.2) is 0 Å². The SMILES string of the molecule is CCCCC(=O)NCC(Cc1ccccc1OC)C(=O)O. The largest absolute Gasteiger partial charge is 0.496 e. The normalized spacial score (nSPS) is 11.7. The van der Waals surface area contributed by atoms with Gasteiger partial charge in [-0.05, 0) is 24.5 Å². The number of para-hydroxylation sites is 1. The van der Waals surface area contributed by atoms with Crippen molar-refractivity contribution in [3.63, 3.8) is 0 Å². The lowest BCUT2D eigenvalue weighted by Crippen LogP contribution is -2.34. The first-order chi connectivity index (χ1) is 10.1. The average molecular weight is 293 g/mol. The molecule has 1 aromatic carbocycles. The second-order valence-corrected chi connectivity index (χ2v) is 4.96. The van der Waals surface area contributed by atoms with Crippen LogP contribution in [-0.4, -0.2) is 30.6 Å². The smallest absolute Gasteiger partial charge is 0.308 e. The van der Waals surface area contributed by atoms with Gasteiger partial charge in [0.05, 0.1) is 13.0 Å². The Bertz CT molecular complexity index is 473. The minimum Gasteiger partial charge on any atom is -0.496 e. The van der Waals surface area contributed by atoms with Crippen molar-refractivity contribution in [2.75, 3.05) is 13.7 Å². The minimum absolute atomic E-state index is 0.0943. The fourth-order valence-corrected chi connectivity index (χ4v) is 2.05. The Morgan fingerprint density at radius 3 is 2.67 bits per heavy atom. The van der Waals surface area contributed by atoms with Crippen LogP contribution in [0.25, 0.3) is 0 Å². The third kappa shape index (κ3) is 5.85. The van der Waals surface area contributed by atoms with Gasteiger partial charge in [-0.15, -0.1) is 0 Å². The minimum atomic E-state index is -0.920. The number of benzene rings is 1. The summed E-state index contributed by atoms with van der Waals surface area (Å²) in [5, 5.41) is 12.0. The van der Waals surface area contributed by atoms with Gasteiger partial charge in [0.2, 0.25) is 5.91 Å². The van der Waals surface area contributed by atoms with Crippen LogP contribution in [0.4, 0.5) is 0 Å². The van der Waals surface area contributed by atoms with E-state index in [1.54, 1.807) is 13.2 Å². The van der Waals surface area contributed by atoms with Crippen LogP contribution in [-0.2, 0) is 16.0 Å². The van der Waals surface area contributed by atoms with Crippen molar-refractivity contribution in [3.8, 4) is 5.75 Å². The highest BCUT2D eigenvalue weighted by atomic mass is 16.5. The number of hydrogen-bond donors (Lipinski definition) is 2. The van der Waals surface area contributed by atoms with Crippen molar-refractivity contribution in [2.24, 2.45) is 5.92 Å². The molecule has 0 saturated heterocycles. The summed E-state index contributed by atoms with van der Waals surface area (Å²) in [6, 6.07) is 7.32. The Labute approximate surface area is 125 Å². The van der Waals surface area contributed by atoms with Crippen LogP contribution < -0.4 is 10.1 Å². The average Bonchev–Trinajstić information content (AvgIpc) is 2.49. The second-order valence-electron chi connectivity index (χ2n) is 4.96. The van der Waals surface area contributed by atoms with E-state index in [4.69, 9.17) is 4.74 Å². The summed E-state index contributed by atoms with van der Waals surface area (Å²) in [6.45, 7) is 2.14. The summed E-state index contributed by atoms with van der Waals surface area (Å²) in [6.07, 6.45) is 2.53. The molecule has 0 aromatic heterocycles. The monoisotopic (exact) mass is 293 g/mol. The quantitative estimate of drug-likeness (QED) is 0.732. The summed E-state index contributed by atoms with van der Waals surface area (Å²) >= 11 is 0. The van der Waals surface area contributed by atoms with E-state index in [-0.39, 0.29) is 12.5 Å². The van der Waals surface area contributed by atoms with Crippen molar-refractivity contribution >= 4 is 11.9 Å². The van der Waals surface area contributed by atoms with Gasteiger partial charge >= 0.3 is 5.97 Å². The molecule has 1 amide bonds. The molecule has 0 heterocycles. The Balaban J connectivity index is 2.62. The molecule has 1 atom stereocenters. The number of carboxylic acid groups (broad SMARTS) is 1. The molecular formula is C16H23NO4. The van der Waals surface area contributed by atoms with Gasteiger partial charge in [0, 0.05) is 13.0 Å². The molecule has 1 unspecified atom stereocenters. The molecule has 2 N–H and O–H groups in total. The predicted molar refractivity (Wildman–Crippen MR) is 80.4 cm³/mol. The fraction of sp³-hybridized carbons (Fsp3) is 0.500. The molecule has 0 saturated carbocycles. The topological polar surface area (TPSA) is 75.6 Å². The number of carbonyl (C=O) groups excluding carboxylic acids is 1. The molecule has 0 aliphatic carbocycles. The lowest BCUT2D eigenvalue weighted by Gasteiger charge is -2.15. The highest BCUT2D eigenvalue weighted by Crippen LogP contribution is 2.21. The molecule has 5 nitrogen and oxygen atoms in total. The predicted octanol–water partition coefficient (Wildman–Crippen LogP) is 2.24. The number of rotatable bonds is 9. The van der Waals surface area contributed by atoms with E-state index in [0.29, 0.717) is 18.6 Å². The zero-order chi connectivity index (χ0) is 15.7. The molecule has 1 rings (SSSR count). The van der Waals surface area contributed by atoms with Gasteiger partial charge in [-0.1, -0.05) is 31.5 Å². The fourth-order valence-electron chi connectivity index (χ4n) is 2.05. The van der Waals surface area contributed by atoms with E-state index in [2.05, 4.69) is 5.32 Å². The molecule has 21 heavy (non-hydrogen) atoms. The molecule has 116 valence electrons. The molecule has 0 aliphatic heterocycles. The maximum Gasteiger partial charge on any atom is 0.308 e.